The van der Waals surface area contributed by atoms with Crippen LogP contribution >= 0.6 is 0 Å². The van der Waals surface area contributed by atoms with Gasteiger partial charge in [0.2, 0.25) is 24.5 Å². The van der Waals surface area contributed by atoms with E-state index in [1.165, 1.54) is 0 Å². The van der Waals surface area contributed by atoms with Crippen molar-refractivity contribution in [3.63, 3.8) is 0 Å². The van der Waals surface area contributed by atoms with Gasteiger partial charge in [0.15, 0.2) is 11.5 Å². The molecule has 0 atom stereocenters. The van der Waals surface area contributed by atoms with Gasteiger partial charge in [0.1, 0.15) is 12.4 Å². The Hall–Kier alpha value is -4.33. The number of aromatic nitrogens is 2. The summed E-state index contributed by atoms with van der Waals surface area (Å²) in [5, 5.41) is 11.0. The Kier molecular flexibility index (Phi) is 6.11. The molecule has 0 unspecified atom stereocenters. The zero-order valence-electron chi connectivity index (χ0n) is 18.6. The van der Waals surface area contributed by atoms with Crippen LogP contribution in [0.5, 0.6) is 17.2 Å². The van der Waals surface area contributed by atoms with Crippen LogP contribution in [0, 0.1) is 6.92 Å². The van der Waals surface area contributed by atoms with Crippen LogP contribution in [0.4, 0.5) is 5.69 Å². The Morgan fingerprint density at radius 2 is 1.85 bits per heavy atom. The van der Waals surface area contributed by atoms with Crippen LogP contribution in [0.3, 0.4) is 0 Å². The van der Waals surface area contributed by atoms with Crippen molar-refractivity contribution in [3.05, 3.63) is 83.7 Å². The predicted octanol–water partition coefficient (Wildman–Crippen LogP) is 4.92. The lowest BCUT2D eigenvalue weighted by molar-refractivity contribution is -0.116. The first kappa shape index (κ1) is 21.5. The van der Waals surface area contributed by atoms with Gasteiger partial charge in [-0.3, -0.25) is 4.79 Å². The summed E-state index contributed by atoms with van der Waals surface area (Å²) in [6.45, 7) is 2.60. The van der Waals surface area contributed by atoms with Gasteiger partial charge < -0.3 is 23.9 Å². The molecule has 172 valence electrons. The second-order valence-corrected chi connectivity index (χ2v) is 7.92. The fourth-order valence-electron chi connectivity index (χ4n) is 3.48. The summed E-state index contributed by atoms with van der Waals surface area (Å²) < 4.78 is 22.2. The molecule has 0 aliphatic carbocycles. The fraction of sp³-hybridized carbons (Fsp3) is 0.192. The third-order valence-electron chi connectivity index (χ3n) is 5.29. The van der Waals surface area contributed by atoms with Crippen molar-refractivity contribution in [2.75, 3.05) is 12.1 Å². The minimum Gasteiger partial charge on any atom is -0.489 e. The third-order valence-corrected chi connectivity index (χ3v) is 5.29. The number of anilines is 1. The van der Waals surface area contributed by atoms with Crippen LogP contribution in [0.1, 0.15) is 23.4 Å². The Morgan fingerprint density at radius 3 is 2.74 bits per heavy atom. The maximum Gasteiger partial charge on any atom is 0.247 e. The molecule has 34 heavy (non-hydrogen) atoms. The quantitative estimate of drug-likeness (QED) is 0.401. The summed E-state index contributed by atoms with van der Waals surface area (Å²) in [7, 11) is 0. The highest BCUT2D eigenvalue weighted by Gasteiger charge is 2.14. The van der Waals surface area contributed by atoms with E-state index in [2.05, 4.69) is 15.5 Å². The zero-order valence-corrected chi connectivity index (χ0v) is 18.6. The number of ether oxygens (including phenoxy) is 3. The zero-order chi connectivity index (χ0) is 23.3. The first-order valence-corrected chi connectivity index (χ1v) is 10.9. The molecule has 1 aromatic heterocycles. The van der Waals surface area contributed by atoms with E-state index < -0.39 is 0 Å². The summed E-state index contributed by atoms with van der Waals surface area (Å²) in [6, 6.07) is 20.8. The monoisotopic (exact) mass is 457 g/mol. The molecule has 0 fully saturated rings. The van der Waals surface area contributed by atoms with Gasteiger partial charge in [-0.05, 0) is 48.9 Å². The van der Waals surface area contributed by atoms with Gasteiger partial charge >= 0.3 is 0 Å². The molecule has 0 radical (unpaired) electrons. The molecular formula is C26H23N3O5. The summed E-state index contributed by atoms with van der Waals surface area (Å²) in [5.74, 6) is 2.81. The maximum atomic E-state index is 12.4. The SMILES string of the molecule is Cc1ccc(-c2nnc(CCC(=O)Nc3cccc(COc4ccc5c(c4)OCO5)c3)o2)cc1. The van der Waals surface area contributed by atoms with Crippen LogP contribution in [-0.4, -0.2) is 22.9 Å². The molecular weight excluding hydrogens is 434 g/mol. The summed E-state index contributed by atoms with van der Waals surface area (Å²) in [5.41, 5.74) is 3.63. The van der Waals surface area contributed by atoms with Crippen LogP contribution in [0.15, 0.2) is 71.1 Å². The van der Waals surface area contributed by atoms with Crippen molar-refractivity contribution in [3.8, 4) is 28.7 Å². The lowest BCUT2D eigenvalue weighted by Gasteiger charge is -2.09. The smallest absolute Gasteiger partial charge is 0.247 e. The van der Waals surface area contributed by atoms with E-state index in [1.54, 1.807) is 6.07 Å². The second kappa shape index (κ2) is 9.66. The Morgan fingerprint density at radius 1 is 1.00 bits per heavy atom. The maximum absolute atomic E-state index is 12.4. The highest BCUT2D eigenvalue weighted by molar-refractivity contribution is 5.90. The predicted molar refractivity (Wildman–Crippen MR) is 125 cm³/mol. The van der Waals surface area contributed by atoms with Crippen molar-refractivity contribution in [2.24, 2.45) is 0 Å². The first-order chi connectivity index (χ1) is 16.6. The number of amides is 1. The number of rotatable bonds is 8. The standard InChI is InChI=1S/C26H23N3O5/c1-17-5-7-19(8-6-17)26-29-28-25(34-26)12-11-24(30)27-20-4-2-3-18(13-20)15-31-21-9-10-22-23(14-21)33-16-32-22/h2-10,13-14H,11-12,15-16H2,1H3,(H,27,30). The molecule has 0 saturated heterocycles. The summed E-state index contributed by atoms with van der Waals surface area (Å²) >= 11 is 0. The van der Waals surface area contributed by atoms with Crippen molar-refractivity contribution in [1.29, 1.82) is 0 Å². The number of fused-ring (bicyclic) bond motifs is 1. The minimum absolute atomic E-state index is 0.135. The van der Waals surface area contributed by atoms with E-state index in [0.29, 0.717) is 47.7 Å². The summed E-state index contributed by atoms with van der Waals surface area (Å²) in [6.07, 6.45) is 0.588. The van der Waals surface area contributed by atoms with E-state index in [4.69, 9.17) is 18.6 Å². The molecule has 8 heteroatoms. The van der Waals surface area contributed by atoms with Crippen LogP contribution in [0.25, 0.3) is 11.5 Å². The first-order valence-electron chi connectivity index (χ1n) is 10.9. The van der Waals surface area contributed by atoms with E-state index in [1.807, 2.05) is 67.6 Å². The van der Waals surface area contributed by atoms with Gasteiger partial charge in [-0.15, -0.1) is 10.2 Å². The Labute approximate surface area is 196 Å². The lowest BCUT2D eigenvalue weighted by atomic mass is 10.1. The van der Waals surface area contributed by atoms with Crippen molar-refractivity contribution >= 4 is 11.6 Å². The molecule has 3 aromatic carbocycles. The number of carbonyl (C=O) groups is 1. The number of hydrogen-bond acceptors (Lipinski definition) is 7. The number of aryl methyl sites for hydroxylation is 2. The molecule has 1 aliphatic heterocycles. The third kappa shape index (κ3) is 5.17. The topological polar surface area (TPSA) is 95.7 Å². The lowest BCUT2D eigenvalue weighted by Crippen LogP contribution is -2.12. The number of hydrogen-bond donors (Lipinski definition) is 1. The average Bonchev–Trinajstić information content (AvgIpc) is 3.51. The van der Waals surface area contributed by atoms with Crippen molar-refractivity contribution < 1.29 is 23.4 Å². The second-order valence-electron chi connectivity index (χ2n) is 7.92. The molecule has 0 spiro atoms. The summed E-state index contributed by atoms with van der Waals surface area (Å²) in [4.78, 5) is 12.4. The van der Waals surface area contributed by atoms with E-state index in [0.717, 1.165) is 16.7 Å². The van der Waals surface area contributed by atoms with E-state index >= 15 is 0 Å². The normalized spacial score (nSPS) is 11.9. The largest absolute Gasteiger partial charge is 0.489 e. The molecule has 0 saturated carbocycles. The molecule has 1 N–H and O–H groups in total. The molecule has 2 heterocycles. The van der Waals surface area contributed by atoms with Crippen molar-refractivity contribution in [2.45, 2.75) is 26.4 Å². The highest BCUT2D eigenvalue weighted by atomic mass is 16.7. The van der Waals surface area contributed by atoms with Crippen LogP contribution < -0.4 is 19.5 Å². The molecule has 4 aromatic rings. The number of nitrogens with zero attached hydrogens (tertiary/aromatic N) is 2. The number of benzene rings is 3. The van der Waals surface area contributed by atoms with Gasteiger partial charge in [0.25, 0.3) is 0 Å². The molecule has 1 aliphatic rings. The van der Waals surface area contributed by atoms with E-state index in [-0.39, 0.29) is 19.1 Å². The molecule has 0 bridgehead atoms. The fourth-order valence-corrected chi connectivity index (χ4v) is 3.48. The molecule has 8 nitrogen and oxygen atoms in total. The highest BCUT2D eigenvalue weighted by Crippen LogP contribution is 2.35. The number of nitrogens with one attached hydrogen (secondary N) is 1. The van der Waals surface area contributed by atoms with Gasteiger partial charge in [0, 0.05) is 30.2 Å². The van der Waals surface area contributed by atoms with E-state index in [9.17, 15) is 4.79 Å². The molecule has 1 amide bonds. The number of carbonyl (C=O) groups excluding carboxylic acids is 1. The van der Waals surface area contributed by atoms with Crippen LogP contribution in [-0.2, 0) is 17.8 Å². The molecule has 5 rings (SSSR count). The van der Waals surface area contributed by atoms with Crippen LogP contribution in [0.2, 0.25) is 0 Å². The minimum atomic E-state index is -0.135. The van der Waals surface area contributed by atoms with Gasteiger partial charge in [-0.25, -0.2) is 0 Å². The van der Waals surface area contributed by atoms with Crippen molar-refractivity contribution in [1.82, 2.24) is 10.2 Å². The van der Waals surface area contributed by atoms with Gasteiger partial charge in [-0.2, -0.15) is 0 Å². The Balaban J connectivity index is 1.12. The van der Waals surface area contributed by atoms with Gasteiger partial charge in [-0.1, -0.05) is 29.8 Å². The van der Waals surface area contributed by atoms with Gasteiger partial charge in [0.05, 0.1) is 0 Å². The Bertz CT molecular complexity index is 1300. The average molecular weight is 457 g/mol.